The third-order valence-electron chi connectivity index (χ3n) is 3.90. The highest BCUT2D eigenvalue weighted by atomic mass is 35.5. The second-order valence-corrected chi connectivity index (χ2v) is 8.55. The van der Waals surface area contributed by atoms with Crippen molar-refractivity contribution < 1.29 is 17.9 Å². The molecule has 1 amide bonds. The highest BCUT2D eigenvalue weighted by Crippen LogP contribution is 2.33. The van der Waals surface area contributed by atoms with Crippen LogP contribution in [0, 0.1) is 0 Å². The normalized spacial score (nSPS) is 11.0. The smallest absolute Gasteiger partial charge is 0.245 e. The van der Waals surface area contributed by atoms with Crippen molar-refractivity contribution >= 4 is 38.9 Å². The van der Waals surface area contributed by atoms with Gasteiger partial charge in [-0.1, -0.05) is 48.0 Å². The fraction of sp³-hybridized carbons (Fsp3) is 0.0952. The summed E-state index contributed by atoms with van der Waals surface area (Å²) in [5.74, 6) is 0.365. The number of nitrogens with one attached hydrogen (secondary N) is 1. The van der Waals surface area contributed by atoms with Gasteiger partial charge in [0.15, 0.2) is 5.75 Å². The molecule has 0 bridgehead atoms. The number of ether oxygens (including phenoxy) is 1. The Morgan fingerprint density at radius 1 is 1.00 bits per heavy atom. The number of sulfonamides is 1. The first-order valence-corrected chi connectivity index (χ1v) is 10.9. The van der Waals surface area contributed by atoms with Crippen LogP contribution in [0.5, 0.6) is 11.5 Å². The van der Waals surface area contributed by atoms with Gasteiger partial charge in [0.25, 0.3) is 0 Å². The first-order valence-electron chi connectivity index (χ1n) is 8.68. The Bertz CT molecular complexity index is 1100. The summed E-state index contributed by atoms with van der Waals surface area (Å²) in [4.78, 5) is 12.5. The molecule has 3 aromatic rings. The number of anilines is 2. The van der Waals surface area contributed by atoms with E-state index in [1.54, 1.807) is 60.7 Å². The van der Waals surface area contributed by atoms with Crippen LogP contribution >= 0.6 is 11.6 Å². The van der Waals surface area contributed by atoms with E-state index in [2.05, 4.69) is 5.32 Å². The lowest BCUT2D eigenvalue weighted by atomic mass is 10.2. The first-order chi connectivity index (χ1) is 13.8. The van der Waals surface area contributed by atoms with Crippen molar-refractivity contribution in [2.45, 2.75) is 0 Å². The Hall–Kier alpha value is -3.03. The van der Waals surface area contributed by atoms with Crippen LogP contribution < -0.4 is 14.4 Å². The standard InChI is InChI=1S/C21H19ClN2O4S/c1-29(26,27)24(15-21(25)23-17-9-7-8-16(22)14-17)19-12-5-6-13-20(19)28-18-10-3-2-4-11-18/h2-14H,15H2,1H3,(H,23,25). The zero-order chi connectivity index (χ0) is 20.9. The highest BCUT2D eigenvalue weighted by Gasteiger charge is 2.24. The van der Waals surface area contributed by atoms with Gasteiger partial charge in [-0.15, -0.1) is 0 Å². The van der Waals surface area contributed by atoms with E-state index in [0.717, 1.165) is 10.6 Å². The van der Waals surface area contributed by atoms with Crippen LogP contribution in [0.4, 0.5) is 11.4 Å². The van der Waals surface area contributed by atoms with Crippen molar-refractivity contribution in [1.82, 2.24) is 0 Å². The van der Waals surface area contributed by atoms with Crippen molar-refractivity contribution in [2.24, 2.45) is 0 Å². The highest BCUT2D eigenvalue weighted by molar-refractivity contribution is 7.92. The van der Waals surface area contributed by atoms with E-state index in [4.69, 9.17) is 16.3 Å². The number of nitrogens with zero attached hydrogens (tertiary/aromatic N) is 1. The summed E-state index contributed by atoms with van der Waals surface area (Å²) >= 11 is 5.93. The summed E-state index contributed by atoms with van der Waals surface area (Å²) in [6.07, 6.45) is 1.04. The third kappa shape index (κ3) is 5.73. The molecular weight excluding hydrogens is 412 g/mol. The lowest BCUT2D eigenvalue weighted by molar-refractivity contribution is -0.114. The van der Waals surface area contributed by atoms with Gasteiger partial charge in [0.05, 0.1) is 11.9 Å². The van der Waals surface area contributed by atoms with E-state index in [-0.39, 0.29) is 5.69 Å². The van der Waals surface area contributed by atoms with Gasteiger partial charge in [-0.25, -0.2) is 8.42 Å². The van der Waals surface area contributed by atoms with Crippen LogP contribution in [0.25, 0.3) is 0 Å². The monoisotopic (exact) mass is 430 g/mol. The second-order valence-electron chi connectivity index (χ2n) is 6.21. The van der Waals surface area contributed by atoms with Gasteiger partial charge in [-0.2, -0.15) is 0 Å². The van der Waals surface area contributed by atoms with Gasteiger partial charge in [-0.3, -0.25) is 9.10 Å². The minimum Gasteiger partial charge on any atom is -0.455 e. The van der Waals surface area contributed by atoms with Crippen molar-refractivity contribution in [1.29, 1.82) is 0 Å². The molecule has 0 saturated carbocycles. The van der Waals surface area contributed by atoms with Gasteiger partial charge >= 0.3 is 0 Å². The first kappa shape index (κ1) is 20.7. The molecule has 6 nitrogen and oxygen atoms in total. The molecule has 0 unspecified atom stereocenters. The molecule has 0 heterocycles. The maximum Gasteiger partial charge on any atom is 0.245 e. The zero-order valence-corrected chi connectivity index (χ0v) is 17.2. The largest absolute Gasteiger partial charge is 0.455 e. The topological polar surface area (TPSA) is 75.7 Å². The Kier molecular flexibility index (Phi) is 6.41. The molecule has 0 aliphatic heterocycles. The van der Waals surface area contributed by atoms with E-state index in [0.29, 0.717) is 22.2 Å². The molecule has 0 spiro atoms. The van der Waals surface area contributed by atoms with E-state index >= 15 is 0 Å². The molecule has 0 aliphatic rings. The SMILES string of the molecule is CS(=O)(=O)N(CC(=O)Nc1cccc(Cl)c1)c1ccccc1Oc1ccccc1. The lowest BCUT2D eigenvalue weighted by Crippen LogP contribution is -2.37. The number of rotatable bonds is 7. The maximum atomic E-state index is 12.5. The molecule has 3 rings (SSSR count). The third-order valence-corrected chi connectivity index (χ3v) is 5.26. The molecule has 0 aliphatic carbocycles. The minimum absolute atomic E-state index is 0.264. The van der Waals surface area contributed by atoms with Gasteiger partial charge < -0.3 is 10.1 Å². The van der Waals surface area contributed by atoms with Gasteiger partial charge in [0, 0.05) is 10.7 Å². The predicted molar refractivity (Wildman–Crippen MR) is 115 cm³/mol. The minimum atomic E-state index is -3.76. The van der Waals surface area contributed by atoms with Crippen LogP contribution in [-0.4, -0.2) is 27.1 Å². The van der Waals surface area contributed by atoms with Gasteiger partial charge in [0.2, 0.25) is 15.9 Å². The summed E-state index contributed by atoms with van der Waals surface area (Å²) in [5, 5.41) is 3.12. The fourth-order valence-corrected chi connectivity index (χ4v) is 3.69. The summed E-state index contributed by atoms with van der Waals surface area (Å²) in [6, 6.07) is 22.2. The average Bonchev–Trinajstić information content (AvgIpc) is 2.67. The number of halogens is 1. The maximum absolute atomic E-state index is 12.5. The predicted octanol–water partition coefficient (Wildman–Crippen LogP) is 4.54. The molecule has 0 saturated heterocycles. The van der Waals surface area contributed by atoms with Crippen molar-refractivity contribution in [3.63, 3.8) is 0 Å². The quantitative estimate of drug-likeness (QED) is 0.597. The van der Waals surface area contributed by atoms with Crippen molar-refractivity contribution in [3.05, 3.63) is 83.9 Å². The zero-order valence-electron chi connectivity index (χ0n) is 15.6. The fourth-order valence-electron chi connectivity index (χ4n) is 2.64. The van der Waals surface area contributed by atoms with E-state index in [1.807, 2.05) is 18.2 Å². The van der Waals surface area contributed by atoms with Crippen LogP contribution in [0.3, 0.4) is 0 Å². The molecule has 0 fully saturated rings. The molecule has 3 aromatic carbocycles. The van der Waals surface area contributed by atoms with E-state index in [1.165, 1.54) is 0 Å². The summed E-state index contributed by atoms with van der Waals surface area (Å²) in [6.45, 7) is -0.416. The Labute approximate surface area is 174 Å². The number of hydrogen-bond acceptors (Lipinski definition) is 4. The van der Waals surface area contributed by atoms with Crippen LogP contribution in [-0.2, 0) is 14.8 Å². The van der Waals surface area contributed by atoms with Gasteiger partial charge in [-0.05, 0) is 42.5 Å². The molecule has 29 heavy (non-hydrogen) atoms. The lowest BCUT2D eigenvalue weighted by Gasteiger charge is -2.24. The molecular formula is C21H19ClN2O4S. The van der Waals surface area contributed by atoms with Crippen LogP contribution in [0.1, 0.15) is 0 Å². The molecule has 0 atom stereocenters. The number of hydrogen-bond donors (Lipinski definition) is 1. The number of para-hydroxylation sites is 3. The summed E-state index contributed by atoms with van der Waals surface area (Å²) in [7, 11) is -3.76. The van der Waals surface area contributed by atoms with Crippen LogP contribution in [0.2, 0.25) is 5.02 Å². The Morgan fingerprint density at radius 2 is 1.69 bits per heavy atom. The molecule has 0 aromatic heterocycles. The number of carbonyl (C=O) groups excluding carboxylic acids is 1. The van der Waals surface area contributed by atoms with E-state index < -0.39 is 22.5 Å². The Balaban J connectivity index is 1.87. The van der Waals surface area contributed by atoms with Crippen molar-refractivity contribution in [3.8, 4) is 11.5 Å². The molecule has 0 radical (unpaired) electrons. The van der Waals surface area contributed by atoms with Crippen LogP contribution in [0.15, 0.2) is 78.9 Å². The summed E-state index contributed by atoms with van der Waals surface area (Å²) in [5.41, 5.74) is 0.741. The van der Waals surface area contributed by atoms with E-state index in [9.17, 15) is 13.2 Å². The molecule has 1 N–H and O–H groups in total. The summed E-state index contributed by atoms with van der Waals surface area (Å²) < 4.78 is 31.7. The van der Waals surface area contributed by atoms with Crippen molar-refractivity contribution in [2.75, 3.05) is 22.4 Å². The van der Waals surface area contributed by atoms with Gasteiger partial charge in [0.1, 0.15) is 12.3 Å². The number of carbonyl (C=O) groups is 1. The number of amides is 1. The Morgan fingerprint density at radius 3 is 2.38 bits per heavy atom. The molecule has 8 heteroatoms. The number of benzene rings is 3. The second kappa shape index (κ2) is 8.98. The molecule has 150 valence electrons. The average molecular weight is 431 g/mol.